The summed E-state index contributed by atoms with van der Waals surface area (Å²) in [5.41, 5.74) is 2.68. The highest BCUT2D eigenvalue weighted by molar-refractivity contribution is 5.79. The van der Waals surface area contributed by atoms with Crippen LogP contribution in [0.5, 0.6) is 0 Å². The molecule has 2 fully saturated rings. The zero-order valence-electron chi connectivity index (χ0n) is 20.1. The molecular formula is C25H44N6. The fraction of sp³-hybridized carbons (Fsp3) is 0.720. The molecule has 0 bridgehead atoms. The Balaban J connectivity index is 1.41. The van der Waals surface area contributed by atoms with E-state index in [2.05, 4.69) is 70.4 Å². The van der Waals surface area contributed by atoms with Crippen LogP contribution in [0.25, 0.3) is 0 Å². The molecule has 0 amide bonds. The molecule has 0 radical (unpaired) electrons. The number of benzene rings is 1. The van der Waals surface area contributed by atoms with Gasteiger partial charge in [-0.15, -0.1) is 0 Å². The van der Waals surface area contributed by atoms with Crippen molar-refractivity contribution in [1.82, 2.24) is 25.3 Å². The van der Waals surface area contributed by atoms with Crippen molar-refractivity contribution in [3.8, 4) is 0 Å². The number of nitrogens with one attached hydrogen (secondary N) is 2. The highest BCUT2D eigenvalue weighted by Gasteiger charge is 2.17. The molecule has 0 aromatic heterocycles. The molecule has 1 aromatic carbocycles. The minimum atomic E-state index is 0.599. The summed E-state index contributed by atoms with van der Waals surface area (Å²) in [6, 6.07) is 9.00. The average molecular weight is 429 g/mol. The predicted molar refractivity (Wildman–Crippen MR) is 131 cm³/mol. The number of rotatable bonds is 10. The number of hydrogen-bond donors (Lipinski definition) is 2. The van der Waals surface area contributed by atoms with E-state index in [4.69, 9.17) is 4.99 Å². The smallest absolute Gasteiger partial charge is 0.191 e. The van der Waals surface area contributed by atoms with Crippen molar-refractivity contribution in [1.29, 1.82) is 0 Å². The lowest BCUT2D eigenvalue weighted by atomic mass is 10.1. The van der Waals surface area contributed by atoms with Crippen LogP contribution in [0.15, 0.2) is 29.3 Å². The SMILES string of the molecule is CCNC(=NCc1ccc(CN2CCCC2)cc1)NCC(C)CN1CCN(CC)CC1. The van der Waals surface area contributed by atoms with E-state index >= 15 is 0 Å². The summed E-state index contributed by atoms with van der Waals surface area (Å²) in [7, 11) is 0. The molecule has 6 nitrogen and oxygen atoms in total. The number of likely N-dealkylation sites (N-methyl/N-ethyl adjacent to an activating group) is 1. The van der Waals surface area contributed by atoms with Crippen molar-refractivity contribution in [2.45, 2.75) is 46.7 Å². The number of guanidine groups is 1. The van der Waals surface area contributed by atoms with Gasteiger partial charge in [-0.3, -0.25) is 4.90 Å². The van der Waals surface area contributed by atoms with Gasteiger partial charge in [0.2, 0.25) is 0 Å². The number of piperazine rings is 1. The maximum Gasteiger partial charge on any atom is 0.191 e. The zero-order chi connectivity index (χ0) is 21.9. The van der Waals surface area contributed by atoms with E-state index in [9.17, 15) is 0 Å². The largest absolute Gasteiger partial charge is 0.357 e. The molecular weight excluding hydrogens is 384 g/mol. The molecule has 0 aliphatic carbocycles. The first-order valence-corrected chi connectivity index (χ1v) is 12.4. The molecule has 174 valence electrons. The van der Waals surface area contributed by atoms with Gasteiger partial charge in [-0.1, -0.05) is 38.1 Å². The molecule has 31 heavy (non-hydrogen) atoms. The van der Waals surface area contributed by atoms with Gasteiger partial charge in [0, 0.05) is 52.4 Å². The quantitative estimate of drug-likeness (QED) is 0.443. The van der Waals surface area contributed by atoms with Gasteiger partial charge in [-0.05, 0) is 56.4 Å². The average Bonchev–Trinajstić information content (AvgIpc) is 3.30. The molecule has 2 N–H and O–H groups in total. The fourth-order valence-corrected chi connectivity index (χ4v) is 4.53. The third-order valence-corrected chi connectivity index (χ3v) is 6.49. The molecule has 2 aliphatic rings. The third kappa shape index (κ3) is 8.43. The Bertz CT molecular complexity index is 644. The second-order valence-electron chi connectivity index (χ2n) is 9.22. The van der Waals surface area contributed by atoms with Gasteiger partial charge in [-0.25, -0.2) is 4.99 Å². The van der Waals surface area contributed by atoms with E-state index in [-0.39, 0.29) is 0 Å². The van der Waals surface area contributed by atoms with Gasteiger partial charge in [0.25, 0.3) is 0 Å². The summed E-state index contributed by atoms with van der Waals surface area (Å²) in [6.07, 6.45) is 2.70. The summed E-state index contributed by atoms with van der Waals surface area (Å²) in [5, 5.41) is 6.95. The number of nitrogens with zero attached hydrogens (tertiary/aromatic N) is 4. The summed E-state index contributed by atoms with van der Waals surface area (Å²) in [4.78, 5) is 12.5. The standard InChI is InChI=1S/C25H44N6/c1-4-26-25(27-18-22(3)20-31-16-14-29(5-2)15-17-31)28-19-23-8-10-24(11-9-23)21-30-12-6-7-13-30/h8-11,22H,4-7,12-21H2,1-3H3,(H2,26,27,28). The fourth-order valence-electron chi connectivity index (χ4n) is 4.53. The van der Waals surface area contributed by atoms with Crippen LogP contribution in [-0.4, -0.2) is 86.1 Å². The van der Waals surface area contributed by atoms with Crippen LogP contribution in [0, 0.1) is 5.92 Å². The summed E-state index contributed by atoms with van der Waals surface area (Å²) in [5.74, 6) is 1.52. The lowest BCUT2D eigenvalue weighted by Gasteiger charge is -2.35. The van der Waals surface area contributed by atoms with Crippen LogP contribution in [0.4, 0.5) is 0 Å². The number of aliphatic imine (C=N–C) groups is 1. The van der Waals surface area contributed by atoms with Crippen molar-refractivity contribution < 1.29 is 0 Å². The van der Waals surface area contributed by atoms with Crippen LogP contribution in [-0.2, 0) is 13.1 Å². The summed E-state index contributed by atoms with van der Waals surface area (Å²) >= 11 is 0. The maximum atomic E-state index is 4.82. The van der Waals surface area contributed by atoms with Gasteiger partial charge in [0.05, 0.1) is 6.54 Å². The molecule has 1 unspecified atom stereocenters. The minimum Gasteiger partial charge on any atom is -0.357 e. The molecule has 3 rings (SSSR count). The Hall–Kier alpha value is -1.63. The van der Waals surface area contributed by atoms with E-state index in [0.29, 0.717) is 12.5 Å². The van der Waals surface area contributed by atoms with Crippen molar-refractivity contribution >= 4 is 5.96 Å². The number of hydrogen-bond acceptors (Lipinski definition) is 4. The highest BCUT2D eigenvalue weighted by Crippen LogP contribution is 2.13. The Morgan fingerprint density at radius 3 is 2.16 bits per heavy atom. The van der Waals surface area contributed by atoms with Crippen molar-refractivity contribution in [2.75, 3.05) is 65.4 Å². The number of likely N-dealkylation sites (tertiary alicyclic amines) is 1. The monoisotopic (exact) mass is 428 g/mol. The van der Waals surface area contributed by atoms with Crippen LogP contribution in [0.3, 0.4) is 0 Å². The second kappa shape index (κ2) is 13.0. The topological polar surface area (TPSA) is 46.1 Å². The highest BCUT2D eigenvalue weighted by atomic mass is 15.3. The van der Waals surface area contributed by atoms with Gasteiger partial charge in [0.15, 0.2) is 5.96 Å². The molecule has 0 spiro atoms. The van der Waals surface area contributed by atoms with Gasteiger partial charge in [-0.2, -0.15) is 0 Å². The van der Waals surface area contributed by atoms with Gasteiger partial charge in [0.1, 0.15) is 0 Å². The Labute approximate surface area is 190 Å². The van der Waals surface area contributed by atoms with E-state index in [1.807, 2.05) is 0 Å². The molecule has 1 aromatic rings. The van der Waals surface area contributed by atoms with Gasteiger partial charge < -0.3 is 20.4 Å². The van der Waals surface area contributed by atoms with Crippen LogP contribution in [0.2, 0.25) is 0 Å². The first-order valence-electron chi connectivity index (χ1n) is 12.4. The van der Waals surface area contributed by atoms with Gasteiger partial charge >= 0.3 is 0 Å². The first kappa shape index (κ1) is 24.0. The van der Waals surface area contributed by atoms with Crippen LogP contribution >= 0.6 is 0 Å². The second-order valence-corrected chi connectivity index (χ2v) is 9.22. The van der Waals surface area contributed by atoms with E-state index < -0.39 is 0 Å². The van der Waals surface area contributed by atoms with E-state index in [0.717, 1.165) is 32.1 Å². The molecule has 2 saturated heterocycles. The summed E-state index contributed by atoms with van der Waals surface area (Å²) in [6.45, 7) is 20.0. The van der Waals surface area contributed by atoms with E-state index in [1.54, 1.807) is 0 Å². The van der Waals surface area contributed by atoms with Crippen molar-refractivity contribution in [3.63, 3.8) is 0 Å². The van der Waals surface area contributed by atoms with Crippen molar-refractivity contribution in [3.05, 3.63) is 35.4 Å². The summed E-state index contributed by atoms with van der Waals surface area (Å²) < 4.78 is 0. The molecule has 1 atom stereocenters. The molecule has 0 saturated carbocycles. The Morgan fingerprint density at radius 1 is 0.871 bits per heavy atom. The maximum absolute atomic E-state index is 4.82. The van der Waals surface area contributed by atoms with Crippen molar-refractivity contribution in [2.24, 2.45) is 10.9 Å². The minimum absolute atomic E-state index is 0.599. The zero-order valence-corrected chi connectivity index (χ0v) is 20.1. The van der Waals surface area contributed by atoms with E-state index in [1.165, 1.54) is 69.8 Å². The predicted octanol–water partition coefficient (Wildman–Crippen LogP) is 2.61. The van der Waals surface area contributed by atoms with Crippen LogP contribution < -0.4 is 10.6 Å². The first-order chi connectivity index (χ1) is 15.2. The third-order valence-electron chi connectivity index (χ3n) is 6.49. The molecule has 2 aliphatic heterocycles. The lowest BCUT2D eigenvalue weighted by Crippen LogP contribution is -2.48. The lowest BCUT2D eigenvalue weighted by molar-refractivity contribution is 0.124. The normalized spacial score (nSPS) is 20.2. The molecule has 2 heterocycles. The Kier molecular flexibility index (Phi) is 10.1. The Morgan fingerprint density at radius 2 is 1.52 bits per heavy atom. The molecule has 6 heteroatoms. The van der Waals surface area contributed by atoms with Crippen LogP contribution in [0.1, 0.15) is 44.7 Å².